The molecule has 0 bridgehead atoms. The molecule has 0 saturated heterocycles. The second-order valence-electron chi connectivity index (χ2n) is 12.4. The zero-order valence-corrected chi connectivity index (χ0v) is 26.9. The molecule has 4 aromatic rings. The molecule has 0 aliphatic heterocycles. The normalized spacial score (nSPS) is 13.2. The first-order chi connectivity index (χ1) is 22.3. The van der Waals surface area contributed by atoms with Gasteiger partial charge in [0.2, 0.25) is 11.8 Å². The van der Waals surface area contributed by atoms with Crippen LogP contribution in [0.5, 0.6) is 5.75 Å². The standard InChI is InChI=1S/C36H41N5O6/c1-36(2,3)41-33(44)24-15-9-8-14-23(24)19-30(42)27(18-22-12-6-5-7-13-22)39-35(46)29(21-32(37)43)40-34(45)28-20-31(47-4)25-16-10-11-17-26(25)38-28/h5-17,20,27,29-30,42H,18-19,21H2,1-4H3,(H2,37,43)(H,39,46)(H,40,45)(H,41,44)/t27-,29-,30+/m0/s1. The molecule has 246 valence electrons. The van der Waals surface area contributed by atoms with Crippen molar-refractivity contribution in [2.45, 2.75) is 63.8 Å². The van der Waals surface area contributed by atoms with E-state index in [1.165, 1.54) is 13.2 Å². The molecule has 0 fully saturated rings. The van der Waals surface area contributed by atoms with Gasteiger partial charge in [0, 0.05) is 29.0 Å². The van der Waals surface area contributed by atoms with Crippen LogP contribution in [0.4, 0.5) is 0 Å². The Bertz CT molecular complexity index is 1740. The first kappa shape index (κ1) is 34.6. The van der Waals surface area contributed by atoms with E-state index in [2.05, 4.69) is 20.9 Å². The topological polar surface area (TPSA) is 173 Å². The summed E-state index contributed by atoms with van der Waals surface area (Å²) in [6, 6.07) is 22.5. The molecule has 1 heterocycles. The number of hydrogen-bond donors (Lipinski definition) is 5. The van der Waals surface area contributed by atoms with Gasteiger partial charge in [0.25, 0.3) is 11.8 Å². The lowest BCUT2D eigenvalue weighted by Crippen LogP contribution is -2.54. The number of fused-ring (bicyclic) bond motifs is 1. The molecular formula is C36H41N5O6. The minimum absolute atomic E-state index is 0.0196. The van der Waals surface area contributed by atoms with Crippen LogP contribution < -0.4 is 26.4 Å². The Labute approximate surface area is 273 Å². The minimum Gasteiger partial charge on any atom is -0.496 e. The van der Waals surface area contributed by atoms with Gasteiger partial charge in [-0.15, -0.1) is 0 Å². The molecule has 11 nitrogen and oxygen atoms in total. The Balaban J connectivity index is 1.59. The Morgan fingerprint density at radius 3 is 2.21 bits per heavy atom. The second-order valence-corrected chi connectivity index (χ2v) is 12.4. The van der Waals surface area contributed by atoms with Crippen LogP contribution in [-0.4, -0.2) is 64.6 Å². The number of nitrogens with zero attached hydrogens (tertiary/aromatic N) is 1. The molecule has 0 unspecified atom stereocenters. The molecular weight excluding hydrogens is 598 g/mol. The predicted octanol–water partition coefficient (Wildman–Crippen LogP) is 3.08. The van der Waals surface area contributed by atoms with Crippen LogP contribution in [0, 0.1) is 0 Å². The van der Waals surface area contributed by atoms with Crippen LogP contribution in [0.1, 0.15) is 59.2 Å². The molecule has 11 heteroatoms. The van der Waals surface area contributed by atoms with Crippen LogP contribution in [0.3, 0.4) is 0 Å². The highest BCUT2D eigenvalue weighted by molar-refractivity contribution is 6.00. The van der Waals surface area contributed by atoms with Gasteiger partial charge in [-0.05, 0) is 56.5 Å². The van der Waals surface area contributed by atoms with Gasteiger partial charge in [0.1, 0.15) is 17.5 Å². The SMILES string of the molecule is COc1cc(C(=O)N[C@@H](CC(N)=O)C(=O)N[C@@H](Cc2ccccc2)[C@H](O)Cc2ccccc2C(=O)NC(C)(C)C)nc2ccccc12. The Morgan fingerprint density at radius 2 is 1.53 bits per heavy atom. The van der Waals surface area contributed by atoms with Gasteiger partial charge in [-0.3, -0.25) is 19.2 Å². The summed E-state index contributed by atoms with van der Waals surface area (Å²) in [4.78, 5) is 56.6. The molecule has 0 saturated carbocycles. The summed E-state index contributed by atoms with van der Waals surface area (Å²) in [6.07, 6.45) is -1.38. The van der Waals surface area contributed by atoms with Crippen molar-refractivity contribution in [1.29, 1.82) is 0 Å². The predicted molar refractivity (Wildman–Crippen MR) is 179 cm³/mol. The zero-order chi connectivity index (χ0) is 34.1. The maximum atomic E-state index is 13.7. The number of aliphatic hydroxyl groups is 1. The van der Waals surface area contributed by atoms with Crippen LogP contribution in [0.2, 0.25) is 0 Å². The number of carbonyl (C=O) groups is 4. The van der Waals surface area contributed by atoms with Crippen LogP contribution in [0.25, 0.3) is 10.9 Å². The monoisotopic (exact) mass is 639 g/mol. The van der Waals surface area contributed by atoms with Gasteiger partial charge in [-0.25, -0.2) is 4.98 Å². The van der Waals surface area contributed by atoms with Crippen molar-refractivity contribution in [2.24, 2.45) is 5.73 Å². The molecule has 0 aliphatic rings. The van der Waals surface area contributed by atoms with Crippen molar-refractivity contribution in [3.63, 3.8) is 0 Å². The number of pyridine rings is 1. The van der Waals surface area contributed by atoms with E-state index in [-0.39, 0.29) is 24.4 Å². The van der Waals surface area contributed by atoms with Gasteiger partial charge < -0.3 is 31.5 Å². The number of carbonyl (C=O) groups excluding carboxylic acids is 4. The smallest absolute Gasteiger partial charge is 0.270 e. The van der Waals surface area contributed by atoms with Crippen molar-refractivity contribution in [3.05, 3.63) is 107 Å². The fourth-order valence-corrected chi connectivity index (χ4v) is 5.20. The first-order valence-electron chi connectivity index (χ1n) is 15.3. The average Bonchev–Trinajstić information content (AvgIpc) is 3.03. The lowest BCUT2D eigenvalue weighted by Gasteiger charge is -2.28. The van der Waals surface area contributed by atoms with Crippen LogP contribution >= 0.6 is 0 Å². The number of methoxy groups -OCH3 is 1. The molecule has 0 aliphatic carbocycles. The number of para-hydroxylation sites is 1. The highest BCUT2D eigenvalue weighted by atomic mass is 16.5. The fourth-order valence-electron chi connectivity index (χ4n) is 5.20. The molecule has 4 rings (SSSR count). The van der Waals surface area contributed by atoms with E-state index < -0.39 is 47.9 Å². The van der Waals surface area contributed by atoms with Crippen molar-refractivity contribution in [2.75, 3.05) is 7.11 Å². The Hall–Kier alpha value is -5.29. The summed E-state index contributed by atoms with van der Waals surface area (Å²) in [6.45, 7) is 5.63. The molecule has 4 amide bonds. The van der Waals surface area contributed by atoms with Crippen LogP contribution in [0.15, 0.2) is 84.9 Å². The lowest BCUT2D eigenvalue weighted by molar-refractivity contribution is -0.128. The van der Waals surface area contributed by atoms with Crippen LogP contribution in [-0.2, 0) is 22.4 Å². The number of benzene rings is 3. The van der Waals surface area contributed by atoms with Gasteiger partial charge in [-0.1, -0.05) is 60.7 Å². The summed E-state index contributed by atoms with van der Waals surface area (Å²) in [5.74, 6) is -2.11. The first-order valence-corrected chi connectivity index (χ1v) is 15.3. The van der Waals surface area contributed by atoms with Crippen molar-refractivity contribution >= 4 is 34.5 Å². The van der Waals surface area contributed by atoms with Gasteiger partial charge >= 0.3 is 0 Å². The maximum Gasteiger partial charge on any atom is 0.270 e. The number of nitrogens with two attached hydrogens (primary N) is 1. The average molecular weight is 640 g/mol. The number of ether oxygens (including phenoxy) is 1. The van der Waals surface area contributed by atoms with E-state index in [9.17, 15) is 24.3 Å². The third-order valence-corrected chi connectivity index (χ3v) is 7.43. The van der Waals surface area contributed by atoms with E-state index in [1.54, 1.807) is 42.5 Å². The molecule has 47 heavy (non-hydrogen) atoms. The highest BCUT2D eigenvalue weighted by Gasteiger charge is 2.30. The summed E-state index contributed by atoms with van der Waals surface area (Å²) in [5, 5.41) is 20.6. The van der Waals surface area contributed by atoms with E-state index in [0.29, 0.717) is 27.8 Å². The third-order valence-electron chi connectivity index (χ3n) is 7.43. The van der Waals surface area contributed by atoms with Crippen molar-refractivity contribution < 1.29 is 29.0 Å². The Kier molecular flexibility index (Phi) is 11.3. The molecule has 0 radical (unpaired) electrons. The number of hydrogen-bond acceptors (Lipinski definition) is 7. The number of amides is 4. The number of aromatic nitrogens is 1. The third kappa shape index (κ3) is 9.60. The molecule has 3 aromatic carbocycles. The summed E-state index contributed by atoms with van der Waals surface area (Å²) >= 11 is 0. The minimum atomic E-state index is -1.37. The molecule has 0 spiro atoms. The summed E-state index contributed by atoms with van der Waals surface area (Å²) in [7, 11) is 1.47. The lowest BCUT2D eigenvalue weighted by atomic mass is 9.93. The number of nitrogens with one attached hydrogen (secondary N) is 3. The molecule has 3 atom stereocenters. The van der Waals surface area contributed by atoms with Gasteiger partial charge in [0.15, 0.2) is 0 Å². The Morgan fingerprint density at radius 1 is 0.872 bits per heavy atom. The number of aliphatic hydroxyl groups excluding tert-OH is 1. The molecule has 1 aromatic heterocycles. The van der Waals surface area contributed by atoms with Gasteiger partial charge in [0.05, 0.1) is 31.2 Å². The fraction of sp³-hybridized carbons (Fsp3) is 0.306. The maximum absolute atomic E-state index is 13.7. The van der Waals surface area contributed by atoms with Crippen molar-refractivity contribution in [1.82, 2.24) is 20.9 Å². The second kappa shape index (κ2) is 15.3. The number of primary amides is 1. The van der Waals surface area contributed by atoms with Crippen molar-refractivity contribution in [3.8, 4) is 5.75 Å². The number of rotatable bonds is 13. The van der Waals surface area contributed by atoms with E-state index in [1.807, 2.05) is 57.2 Å². The highest BCUT2D eigenvalue weighted by Crippen LogP contribution is 2.25. The largest absolute Gasteiger partial charge is 0.496 e. The van der Waals surface area contributed by atoms with E-state index >= 15 is 0 Å². The zero-order valence-electron chi connectivity index (χ0n) is 26.9. The van der Waals surface area contributed by atoms with Gasteiger partial charge in [-0.2, -0.15) is 0 Å². The summed E-state index contributed by atoms with van der Waals surface area (Å²) < 4.78 is 5.44. The van der Waals surface area contributed by atoms with E-state index in [4.69, 9.17) is 10.5 Å². The quantitative estimate of drug-likeness (QED) is 0.150. The van der Waals surface area contributed by atoms with E-state index in [0.717, 1.165) is 5.56 Å². The summed E-state index contributed by atoms with van der Waals surface area (Å²) in [5.41, 5.74) is 7.32. The molecule has 6 N–H and O–H groups in total.